The molecule has 1 aromatic carbocycles. The Morgan fingerprint density at radius 1 is 1.28 bits per heavy atom. The zero-order valence-corrected chi connectivity index (χ0v) is 9.54. The number of nitrogens with one attached hydrogen (secondary N) is 1. The maximum absolute atomic E-state index is 10.8. The number of benzene rings is 1. The van der Waals surface area contributed by atoms with Gasteiger partial charge in [0.05, 0.1) is 6.61 Å². The first-order valence-electron chi connectivity index (χ1n) is 5.22. The van der Waals surface area contributed by atoms with E-state index in [1.54, 1.807) is 0 Å². The minimum Gasteiger partial charge on any atom is -0.480 e. The van der Waals surface area contributed by atoms with Crippen molar-refractivity contribution in [1.29, 1.82) is 0 Å². The van der Waals surface area contributed by atoms with E-state index in [4.69, 9.17) is 15.9 Å². The van der Waals surface area contributed by atoms with Crippen molar-refractivity contribution in [3.05, 3.63) is 46.8 Å². The van der Waals surface area contributed by atoms with Gasteiger partial charge in [0.15, 0.2) is 0 Å². The van der Waals surface area contributed by atoms with Crippen LogP contribution in [0.5, 0.6) is 0 Å². The van der Waals surface area contributed by atoms with Crippen molar-refractivity contribution in [1.82, 2.24) is 4.98 Å². The Morgan fingerprint density at radius 3 is 2.50 bits per heavy atom. The van der Waals surface area contributed by atoms with Crippen LogP contribution in [0.25, 0.3) is 10.9 Å². The molecule has 0 saturated carbocycles. The van der Waals surface area contributed by atoms with Crippen molar-refractivity contribution >= 4 is 16.9 Å². The van der Waals surface area contributed by atoms with Gasteiger partial charge in [-0.05, 0) is 17.5 Å². The van der Waals surface area contributed by atoms with Gasteiger partial charge < -0.3 is 20.9 Å². The molecule has 0 aliphatic rings. The van der Waals surface area contributed by atoms with Crippen molar-refractivity contribution in [2.45, 2.75) is 6.04 Å². The summed E-state index contributed by atoms with van der Waals surface area (Å²) < 4.78 is 0. The van der Waals surface area contributed by atoms with E-state index in [0.29, 0.717) is 0 Å². The number of pyridine rings is 1. The summed E-state index contributed by atoms with van der Waals surface area (Å²) in [6.07, 6.45) is 0. The topological polar surface area (TPSA) is 116 Å². The molecule has 96 valence electrons. The molecule has 1 atom stereocenters. The van der Waals surface area contributed by atoms with Crippen LogP contribution in [0.1, 0.15) is 0 Å². The number of H-pyrrole nitrogens is 1. The lowest BCUT2D eigenvalue weighted by molar-refractivity contribution is -0.139. The summed E-state index contributed by atoms with van der Waals surface area (Å²) in [5.41, 5.74) is 5.60. The monoisotopic (exact) mass is 250 g/mol. The average Bonchev–Trinajstić information content (AvgIpc) is 2.38. The van der Waals surface area contributed by atoms with Gasteiger partial charge >= 0.3 is 5.97 Å². The van der Waals surface area contributed by atoms with Crippen LogP contribution in [0.2, 0.25) is 0 Å². The summed E-state index contributed by atoms with van der Waals surface area (Å²) in [5.74, 6) is -1.18. The number of nitrogens with two attached hydrogens (primary N) is 1. The van der Waals surface area contributed by atoms with Crippen LogP contribution in [0.3, 0.4) is 0 Å². The number of fused-ring (bicyclic) bond motifs is 1. The van der Waals surface area contributed by atoms with Crippen LogP contribution >= 0.6 is 0 Å². The molecule has 5 N–H and O–H groups in total. The standard InChI is InChI=1S/C9H7NO.C3H7NO3/c11-9-6-5-7-3-1-2-4-8(7)10-9;4-2(1-5)3(6)7/h1-6H,(H,10,11);2,5H,1,4H2,(H,6,7)/t;2-/m.0/s1. The summed E-state index contributed by atoms with van der Waals surface area (Å²) in [5, 5.41) is 17.0. The molecular formula is C12H14N2O4. The summed E-state index contributed by atoms with van der Waals surface area (Å²) in [7, 11) is 0. The Balaban J connectivity index is 0.000000203. The molecule has 18 heavy (non-hydrogen) atoms. The number of aliphatic hydroxyl groups is 1. The molecule has 0 spiro atoms. The largest absolute Gasteiger partial charge is 0.480 e. The van der Waals surface area contributed by atoms with Crippen molar-refractivity contribution in [3.8, 4) is 0 Å². The van der Waals surface area contributed by atoms with Crippen LogP contribution in [-0.2, 0) is 4.79 Å². The lowest BCUT2D eigenvalue weighted by Gasteiger charge is -1.96. The average molecular weight is 250 g/mol. The molecule has 6 heteroatoms. The maximum Gasteiger partial charge on any atom is 0.322 e. The van der Waals surface area contributed by atoms with Gasteiger partial charge in [0.1, 0.15) is 6.04 Å². The number of aliphatic carboxylic acids is 1. The Labute approximate surface area is 103 Å². The Bertz CT molecular complexity index is 579. The number of rotatable bonds is 2. The third-order valence-corrected chi connectivity index (χ3v) is 2.15. The van der Waals surface area contributed by atoms with E-state index in [9.17, 15) is 9.59 Å². The van der Waals surface area contributed by atoms with Crippen LogP contribution < -0.4 is 11.3 Å². The minimum atomic E-state index is -1.18. The second-order valence-corrected chi connectivity index (χ2v) is 3.54. The molecule has 0 fully saturated rings. The summed E-state index contributed by atoms with van der Waals surface area (Å²) in [6, 6.07) is 9.91. The SMILES string of the molecule is N[C@@H](CO)C(=O)O.O=c1ccc2ccccc2[nH]1. The predicted molar refractivity (Wildman–Crippen MR) is 67.3 cm³/mol. The number of aromatic amines is 1. The maximum atomic E-state index is 10.8. The number of hydrogen-bond donors (Lipinski definition) is 4. The lowest BCUT2D eigenvalue weighted by Crippen LogP contribution is -2.33. The number of carbonyl (C=O) groups is 1. The number of hydrogen-bond acceptors (Lipinski definition) is 4. The second-order valence-electron chi connectivity index (χ2n) is 3.54. The molecule has 0 bridgehead atoms. The highest BCUT2D eigenvalue weighted by atomic mass is 16.4. The van der Waals surface area contributed by atoms with Crippen LogP contribution in [0.15, 0.2) is 41.2 Å². The van der Waals surface area contributed by atoms with E-state index >= 15 is 0 Å². The van der Waals surface area contributed by atoms with Crippen molar-refractivity contribution in [2.24, 2.45) is 5.73 Å². The first kappa shape index (κ1) is 13.9. The normalized spacial score (nSPS) is 11.4. The molecule has 0 radical (unpaired) electrons. The first-order valence-corrected chi connectivity index (χ1v) is 5.22. The van der Waals surface area contributed by atoms with Gasteiger partial charge in [-0.2, -0.15) is 0 Å². The Hall–Kier alpha value is -2.18. The molecule has 1 heterocycles. The van der Waals surface area contributed by atoms with Gasteiger partial charge in [0.2, 0.25) is 5.56 Å². The first-order chi connectivity index (χ1) is 8.54. The minimum absolute atomic E-state index is 0.0521. The summed E-state index contributed by atoms with van der Waals surface area (Å²) >= 11 is 0. The number of carboxylic acids is 1. The van der Waals surface area contributed by atoms with Gasteiger partial charge in [0.25, 0.3) is 0 Å². The van der Waals surface area contributed by atoms with Crippen LogP contribution in [-0.4, -0.2) is 33.8 Å². The fourth-order valence-corrected chi connectivity index (χ4v) is 1.17. The predicted octanol–water partition coefficient (Wildman–Crippen LogP) is -0.0813. The highest BCUT2D eigenvalue weighted by Gasteiger charge is 2.07. The highest BCUT2D eigenvalue weighted by molar-refractivity contribution is 5.77. The zero-order valence-electron chi connectivity index (χ0n) is 9.54. The van der Waals surface area contributed by atoms with E-state index in [-0.39, 0.29) is 5.56 Å². The fourth-order valence-electron chi connectivity index (χ4n) is 1.17. The number of aromatic nitrogens is 1. The van der Waals surface area contributed by atoms with Crippen LogP contribution in [0, 0.1) is 0 Å². The van der Waals surface area contributed by atoms with E-state index in [0.717, 1.165) is 10.9 Å². The number of para-hydroxylation sites is 1. The molecule has 0 aliphatic carbocycles. The van der Waals surface area contributed by atoms with E-state index in [1.165, 1.54) is 6.07 Å². The quantitative estimate of drug-likeness (QED) is 0.594. The van der Waals surface area contributed by atoms with Gasteiger partial charge in [-0.25, -0.2) is 0 Å². The van der Waals surface area contributed by atoms with Crippen molar-refractivity contribution in [2.75, 3.05) is 6.61 Å². The second kappa shape index (κ2) is 6.53. The highest BCUT2D eigenvalue weighted by Crippen LogP contribution is 2.06. The Kier molecular flexibility index (Phi) is 5.04. The summed E-state index contributed by atoms with van der Waals surface area (Å²) in [4.78, 5) is 23.2. The van der Waals surface area contributed by atoms with Gasteiger partial charge in [0, 0.05) is 11.6 Å². The Morgan fingerprint density at radius 2 is 1.94 bits per heavy atom. The molecule has 1 aromatic heterocycles. The number of aliphatic hydroxyl groups excluding tert-OH is 1. The van der Waals surface area contributed by atoms with Gasteiger partial charge in [-0.15, -0.1) is 0 Å². The zero-order chi connectivity index (χ0) is 13.5. The molecule has 0 aliphatic heterocycles. The van der Waals surface area contributed by atoms with E-state index in [1.807, 2.05) is 30.3 Å². The van der Waals surface area contributed by atoms with Crippen molar-refractivity contribution < 1.29 is 15.0 Å². The van der Waals surface area contributed by atoms with Crippen LogP contribution in [0.4, 0.5) is 0 Å². The molecule has 6 nitrogen and oxygen atoms in total. The summed E-state index contributed by atoms with van der Waals surface area (Å²) in [6.45, 7) is -0.505. The van der Waals surface area contributed by atoms with Crippen molar-refractivity contribution in [3.63, 3.8) is 0 Å². The fraction of sp³-hybridized carbons (Fsp3) is 0.167. The molecule has 0 saturated heterocycles. The van der Waals surface area contributed by atoms with Gasteiger partial charge in [-0.3, -0.25) is 9.59 Å². The van der Waals surface area contributed by atoms with Gasteiger partial charge in [-0.1, -0.05) is 18.2 Å². The third-order valence-electron chi connectivity index (χ3n) is 2.15. The van der Waals surface area contributed by atoms with E-state index in [2.05, 4.69) is 4.98 Å². The molecule has 2 rings (SSSR count). The van der Waals surface area contributed by atoms with E-state index < -0.39 is 18.6 Å². The molecular weight excluding hydrogens is 236 g/mol. The molecule has 2 aromatic rings. The lowest BCUT2D eigenvalue weighted by atomic mass is 10.2. The molecule has 0 unspecified atom stereocenters. The smallest absolute Gasteiger partial charge is 0.322 e. The third kappa shape index (κ3) is 4.00. The molecule has 0 amide bonds. The number of carboxylic acid groups (broad SMARTS) is 1.